The van der Waals surface area contributed by atoms with Crippen molar-refractivity contribution in [2.75, 3.05) is 13.1 Å². The molecule has 0 fully saturated rings. The maximum Gasteiger partial charge on any atom is 0.415 e. The molecule has 0 bridgehead atoms. The van der Waals surface area contributed by atoms with Crippen LogP contribution in [0.5, 0.6) is 5.75 Å². The maximum atomic E-state index is 12.0. The van der Waals surface area contributed by atoms with Gasteiger partial charge in [-0.2, -0.15) is 0 Å². The van der Waals surface area contributed by atoms with Gasteiger partial charge in [-0.15, -0.1) is 0 Å². The summed E-state index contributed by atoms with van der Waals surface area (Å²) in [5.74, 6) is 0.595. The van der Waals surface area contributed by atoms with E-state index in [4.69, 9.17) is 4.74 Å². The lowest BCUT2D eigenvalue weighted by Gasteiger charge is -2.31. The number of carbonyl (C=O) groups is 1. The van der Waals surface area contributed by atoms with E-state index in [1.54, 1.807) is 17.0 Å². The number of hydrogen-bond acceptors (Lipinski definition) is 2. The number of amides is 1. The van der Waals surface area contributed by atoms with E-state index in [0.717, 1.165) is 13.0 Å². The molecule has 1 amide bonds. The first-order chi connectivity index (χ1) is 8.97. The number of carbonyl (C=O) groups excluding carboxylic acids is 1. The average Bonchev–Trinajstić information content (AvgIpc) is 2.39. The number of hydrogen-bond donors (Lipinski definition) is 0. The second-order valence-electron chi connectivity index (χ2n) is 5.86. The number of benzene rings is 1. The normalized spacial score (nSPS) is 15.9. The summed E-state index contributed by atoms with van der Waals surface area (Å²) >= 11 is 0. The van der Waals surface area contributed by atoms with Gasteiger partial charge in [-0.1, -0.05) is 50.6 Å². The molecule has 0 saturated carbocycles. The van der Waals surface area contributed by atoms with Crippen molar-refractivity contribution in [1.82, 2.24) is 4.90 Å². The van der Waals surface area contributed by atoms with Crippen LogP contribution < -0.4 is 4.74 Å². The van der Waals surface area contributed by atoms with E-state index < -0.39 is 0 Å². The summed E-state index contributed by atoms with van der Waals surface area (Å²) in [6.45, 7) is 7.98. The predicted molar refractivity (Wildman–Crippen MR) is 76.2 cm³/mol. The van der Waals surface area contributed by atoms with Crippen LogP contribution in [0.15, 0.2) is 42.0 Å². The van der Waals surface area contributed by atoms with Gasteiger partial charge >= 0.3 is 6.09 Å². The smallest absolute Gasteiger partial charge is 0.410 e. The second kappa shape index (κ2) is 5.47. The quantitative estimate of drug-likeness (QED) is 0.717. The van der Waals surface area contributed by atoms with Crippen molar-refractivity contribution in [1.29, 1.82) is 0 Å². The van der Waals surface area contributed by atoms with Gasteiger partial charge in [-0.25, -0.2) is 4.79 Å². The molecule has 19 heavy (non-hydrogen) atoms. The van der Waals surface area contributed by atoms with E-state index in [9.17, 15) is 4.79 Å². The molecule has 102 valence electrons. The van der Waals surface area contributed by atoms with Crippen LogP contribution in [0.4, 0.5) is 4.79 Å². The highest BCUT2D eigenvalue weighted by atomic mass is 16.6. The third-order valence-corrected chi connectivity index (χ3v) is 3.38. The van der Waals surface area contributed by atoms with Crippen LogP contribution in [0.2, 0.25) is 0 Å². The Kier molecular flexibility index (Phi) is 3.93. The Hall–Kier alpha value is -1.77. The van der Waals surface area contributed by atoms with Crippen molar-refractivity contribution in [3.05, 3.63) is 42.0 Å². The van der Waals surface area contributed by atoms with Crippen molar-refractivity contribution < 1.29 is 9.53 Å². The fraction of sp³-hybridized carbons (Fsp3) is 0.438. The first-order valence-corrected chi connectivity index (χ1v) is 6.68. The molecule has 0 saturated heterocycles. The zero-order valence-corrected chi connectivity index (χ0v) is 11.8. The summed E-state index contributed by atoms with van der Waals surface area (Å²) < 4.78 is 5.33. The van der Waals surface area contributed by atoms with Gasteiger partial charge in [0, 0.05) is 13.1 Å². The van der Waals surface area contributed by atoms with Crippen LogP contribution >= 0.6 is 0 Å². The molecule has 3 nitrogen and oxygen atoms in total. The molecule has 1 aromatic rings. The Morgan fingerprint density at radius 3 is 2.42 bits per heavy atom. The largest absolute Gasteiger partial charge is 0.415 e. The monoisotopic (exact) mass is 259 g/mol. The van der Waals surface area contributed by atoms with Gasteiger partial charge in [-0.3, -0.25) is 0 Å². The number of nitrogens with zero attached hydrogens (tertiary/aromatic N) is 1. The van der Waals surface area contributed by atoms with Gasteiger partial charge in [-0.05, 0) is 24.0 Å². The Labute approximate surface area is 114 Å². The molecule has 2 rings (SSSR count). The lowest BCUT2D eigenvalue weighted by Crippen LogP contribution is -2.38. The van der Waals surface area contributed by atoms with Crippen molar-refractivity contribution in [2.45, 2.75) is 27.2 Å². The molecule has 1 aliphatic rings. The van der Waals surface area contributed by atoms with E-state index in [1.807, 2.05) is 18.2 Å². The Bertz CT molecular complexity index is 471. The van der Waals surface area contributed by atoms with Crippen molar-refractivity contribution >= 4 is 6.09 Å². The highest BCUT2D eigenvalue weighted by Gasteiger charge is 2.24. The van der Waals surface area contributed by atoms with Gasteiger partial charge < -0.3 is 9.64 Å². The molecule has 3 heteroatoms. The molecule has 0 radical (unpaired) electrons. The van der Waals surface area contributed by atoms with Gasteiger partial charge in [0.15, 0.2) is 0 Å². The minimum absolute atomic E-state index is 0.190. The molecule has 0 aliphatic carbocycles. The highest BCUT2D eigenvalue weighted by Crippen LogP contribution is 2.30. The van der Waals surface area contributed by atoms with Crippen molar-refractivity contribution in [3.8, 4) is 5.75 Å². The minimum atomic E-state index is -0.268. The van der Waals surface area contributed by atoms with E-state index in [1.165, 1.54) is 5.57 Å². The lowest BCUT2D eigenvalue weighted by atomic mass is 9.83. The number of ether oxygens (including phenoxy) is 1. The lowest BCUT2D eigenvalue weighted by molar-refractivity contribution is 0.154. The SMILES string of the molecule is CC(C)(C)C1=CCN(C(=O)Oc2ccccc2)CC1. The fourth-order valence-electron chi connectivity index (χ4n) is 2.17. The van der Waals surface area contributed by atoms with Gasteiger partial charge in [0.2, 0.25) is 0 Å². The fourth-order valence-corrected chi connectivity index (χ4v) is 2.17. The van der Waals surface area contributed by atoms with Crippen LogP contribution in [0.1, 0.15) is 27.2 Å². The predicted octanol–water partition coefficient (Wildman–Crippen LogP) is 3.86. The summed E-state index contributed by atoms with van der Waals surface area (Å²) in [5.41, 5.74) is 1.60. The third kappa shape index (κ3) is 3.60. The van der Waals surface area contributed by atoms with Crippen LogP contribution in [0.3, 0.4) is 0 Å². The van der Waals surface area contributed by atoms with Crippen LogP contribution in [0, 0.1) is 5.41 Å². The highest BCUT2D eigenvalue weighted by molar-refractivity contribution is 5.71. The van der Waals surface area contributed by atoms with E-state index in [2.05, 4.69) is 26.8 Å². The first kappa shape index (κ1) is 13.7. The number of para-hydroxylation sites is 1. The molecule has 0 atom stereocenters. The van der Waals surface area contributed by atoms with Gasteiger partial charge in [0.05, 0.1) is 0 Å². The Balaban J connectivity index is 1.95. The average molecular weight is 259 g/mol. The second-order valence-corrected chi connectivity index (χ2v) is 5.86. The van der Waals surface area contributed by atoms with E-state index in [0.29, 0.717) is 12.3 Å². The van der Waals surface area contributed by atoms with E-state index >= 15 is 0 Å². The molecule has 1 aromatic carbocycles. The summed E-state index contributed by atoms with van der Waals surface area (Å²) in [6.07, 6.45) is 2.80. The summed E-state index contributed by atoms with van der Waals surface area (Å²) in [7, 11) is 0. The van der Waals surface area contributed by atoms with Gasteiger partial charge in [0.25, 0.3) is 0 Å². The molecular weight excluding hydrogens is 238 g/mol. The van der Waals surface area contributed by atoms with Crippen LogP contribution in [-0.2, 0) is 0 Å². The first-order valence-electron chi connectivity index (χ1n) is 6.68. The summed E-state index contributed by atoms with van der Waals surface area (Å²) in [6, 6.07) is 9.19. The Morgan fingerprint density at radius 1 is 1.21 bits per heavy atom. The molecular formula is C16H21NO2. The van der Waals surface area contributed by atoms with E-state index in [-0.39, 0.29) is 11.5 Å². The third-order valence-electron chi connectivity index (χ3n) is 3.38. The molecule has 0 spiro atoms. The topological polar surface area (TPSA) is 29.5 Å². The van der Waals surface area contributed by atoms with Crippen LogP contribution in [0.25, 0.3) is 0 Å². The van der Waals surface area contributed by atoms with Crippen molar-refractivity contribution in [2.24, 2.45) is 5.41 Å². The maximum absolute atomic E-state index is 12.0. The number of rotatable bonds is 1. The molecule has 1 aliphatic heterocycles. The summed E-state index contributed by atoms with van der Waals surface area (Å²) in [5, 5.41) is 0. The molecule has 1 heterocycles. The minimum Gasteiger partial charge on any atom is -0.410 e. The zero-order chi connectivity index (χ0) is 13.9. The van der Waals surface area contributed by atoms with Crippen LogP contribution in [-0.4, -0.2) is 24.1 Å². The molecule has 0 unspecified atom stereocenters. The van der Waals surface area contributed by atoms with Gasteiger partial charge in [0.1, 0.15) is 5.75 Å². The van der Waals surface area contributed by atoms with Crippen molar-refractivity contribution in [3.63, 3.8) is 0 Å². The Morgan fingerprint density at radius 2 is 1.89 bits per heavy atom. The zero-order valence-electron chi connectivity index (χ0n) is 11.8. The summed E-state index contributed by atoms with van der Waals surface area (Å²) in [4.78, 5) is 13.7. The standard InChI is InChI=1S/C16H21NO2/c1-16(2,3)13-9-11-17(12-10-13)15(18)19-14-7-5-4-6-8-14/h4-9H,10-12H2,1-3H3. The molecule has 0 N–H and O–H groups in total. The molecule has 0 aromatic heterocycles.